The molecule has 1 amide bonds. The smallest absolute Gasteiger partial charge is 0.288 e. The largest absolute Gasteiger partial charge is 0.383 e. The molecule has 0 spiro atoms. The average molecular weight is 315 g/mol. The van der Waals surface area contributed by atoms with Gasteiger partial charge in [-0.1, -0.05) is 31.5 Å². The molecule has 0 heterocycles. The molecule has 7 heteroatoms. The number of nitro groups is 1. The van der Waals surface area contributed by atoms with E-state index >= 15 is 0 Å². The summed E-state index contributed by atoms with van der Waals surface area (Å²) in [5, 5.41) is 10.8. The second kappa shape index (κ2) is 7.95. The SMILES string of the molecule is COCCN(CC(C)C)C(=O)c1cccc([N+](=O)[O-])c1Cl. The van der Waals surface area contributed by atoms with Crippen molar-refractivity contribution in [3.63, 3.8) is 0 Å². The lowest BCUT2D eigenvalue weighted by Crippen LogP contribution is -2.36. The fourth-order valence-corrected chi connectivity index (χ4v) is 2.19. The lowest BCUT2D eigenvalue weighted by molar-refractivity contribution is -0.384. The van der Waals surface area contributed by atoms with Crippen LogP contribution in [0.5, 0.6) is 0 Å². The highest BCUT2D eigenvalue weighted by Crippen LogP contribution is 2.28. The van der Waals surface area contributed by atoms with Crippen LogP contribution in [0, 0.1) is 16.0 Å². The quantitative estimate of drug-likeness (QED) is 0.573. The van der Waals surface area contributed by atoms with Gasteiger partial charge in [0.1, 0.15) is 5.02 Å². The summed E-state index contributed by atoms with van der Waals surface area (Å²) in [4.78, 5) is 24.4. The molecular formula is C14H19ClN2O4. The Kier molecular flexibility index (Phi) is 6.58. The minimum absolute atomic E-state index is 0.126. The molecule has 0 aromatic heterocycles. The zero-order valence-corrected chi connectivity index (χ0v) is 13.1. The van der Waals surface area contributed by atoms with Crippen LogP contribution in [0.1, 0.15) is 24.2 Å². The Bertz CT molecular complexity index is 520. The van der Waals surface area contributed by atoms with E-state index in [1.807, 2.05) is 13.8 Å². The van der Waals surface area contributed by atoms with Crippen molar-refractivity contribution in [2.45, 2.75) is 13.8 Å². The van der Waals surface area contributed by atoms with Crippen molar-refractivity contribution in [3.05, 3.63) is 38.9 Å². The third-order valence-electron chi connectivity index (χ3n) is 2.84. The zero-order chi connectivity index (χ0) is 16.0. The summed E-state index contributed by atoms with van der Waals surface area (Å²) in [5.41, 5.74) is -0.124. The van der Waals surface area contributed by atoms with Gasteiger partial charge in [0.2, 0.25) is 0 Å². The summed E-state index contributed by atoms with van der Waals surface area (Å²) >= 11 is 5.99. The number of carbonyl (C=O) groups excluding carboxylic acids is 1. The minimum Gasteiger partial charge on any atom is -0.383 e. The van der Waals surface area contributed by atoms with Crippen LogP contribution in [0.25, 0.3) is 0 Å². The highest BCUT2D eigenvalue weighted by Gasteiger charge is 2.24. The monoisotopic (exact) mass is 314 g/mol. The van der Waals surface area contributed by atoms with Gasteiger partial charge < -0.3 is 9.64 Å². The van der Waals surface area contributed by atoms with Gasteiger partial charge in [-0.15, -0.1) is 0 Å². The third-order valence-corrected chi connectivity index (χ3v) is 3.24. The van der Waals surface area contributed by atoms with Crippen LogP contribution in [0.3, 0.4) is 0 Å². The maximum atomic E-state index is 12.5. The number of nitrogens with zero attached hydrogens (tertiary/aromatic N) is 2. The number of hydrogen-bond acceptors (Lipinski definition) is 4. The Balaban J connectivity index is 3.08. The average Bonchev–Trinajstić information content (AvgIpc) is 2.42. The van der Waals surface area contributed by atoms with Crippen LogP contribution >= 0.6 is 11.6 Å². The van der Waals surface area contributed by atoms with E-state index < -0.39 is 4.92 Å². The topological polar surface area (TPSA) is 72.7 Å². The number of halogens is 1. The molecule has 1 aromatic carbocycles. The van der Waals surface area contributed by atoms with Gasteiger partial charge in [-0.3, -0.25) is 14.9 Å². The second-order valence-corrected chi connectivity index (χ2v) is 5.41. The molecular weight excluding hydrogens is 296 g/mol. The number of nitro benzene ring substituents is 1. The molecule has 0 radical (unpaired) electrons. The summed E-state index contributed by atoms with van der Waals surface area (Å²) in [6.07, 6.45) is 0. The van der Waals surface area contributed by atoms with E-state index in [9.17, 15) is 14.9 Å². The number of ether oxygens (including phenoxy) is 1. The maximum Gasteiger partial charge on any atom is 0.288 e. The highest BCUT2D eigenvalue weighted by atomic mass is 35.5. The van der Waals surface area contributed by atoms with Crippen molar-refractivity contribution in [2.24, 2.45) is 5.92 Å². The molecule has 6 nitrogen and oxygen atoms in total. The molecule has 0 fully saturated rings. The Hall–Kier alpha value is -1.66. The number of hydrogen-bond donors (Lipinski definition) is 0. The molecule has 1 aromatic rings. The van der Waals surface area contributed by atoms with E-state index in [1.165, 1.54) is 18.2 Å². The Morgan fingerprint density at radius 2 is 2.14 bits per heavy atom. The predicted molar refractivity (Wildman–Crippen MR) is 80.7 cm³/mol. The van der Waals surface area contributed by atoms with E-state index in [4.69, 9.17) is 16.3 Å². The molecule has 0 aliphatic carbocycles. The van der Waals surface area contributed by atoms with Crippen LogP contribution < -0.4 is 0 Å². The normalized spacial score (nSPS) is 10.7. The predicted octanol–water partition coefficient (Wildman–Crippen LogP) is 2.99. The molecule has 1 rings (SSSR count). The van der Waals surface area contributed by atoms with Gasteiger partial charge in [-0.25, -0.2) is 0 Å². The van der Waals surface area contributed by atoms with Gasteiger partial charge in [-0.05, 0) is 12.0 Å². The first-order valence-electron chi connectivity index (χ1n) is 6.59. The Morgan fingerprint density at radius 3 is 2.67 bits per heavy atom. The highest BCUT2D eigenvalue weighted by molar-refractivity contribution is 6.35. The summed E-state index contributed by atoms with van der Waals surface area (Å²) in [6, 6.07) is 4.24. The van der Waals surface area contributed by atoms with Gasteiger partial charge >= 0.3 is 0 Å². The van der Waals surface area contributed by atoms with Crippen LogP contribution in [-0.4, -0.2) is 42.5 Å². The first kappa shape index (κ1) is 17.4. The van der Waals surface area contributed by atoms with Crippen molar-refractivity contribution < 1.29 is 14.5 Å². The van der Waals surface area contributed by atoms with Gasteiger partial charge in [0, 0.05) is 26.3 Å². The van der Waals surface area contributed by atoms with Crippen molar-refractivity contribution in [1.29, 1.82) is 0 Å². The first-order valence-corrected chi connectivity index (χ1v) is 6.97. The van der Waals surface area contributed by atoms with Crippen molar-refractivity contribution in [3.8, 4) is 0 Å². The molecule has 0 aliphatic rings. The number of rotatable bonds is 7. The molecule has 0 atom stereocenters. The molecule has 21 heavy (non-hydrogen) atoms. The summed E-state index contributed by atoms with van der Waals surface area (Å²) in [7, 11) is 1.55. The van der Waals surface area contributed by atoms with E-state index in [1.54, 1.807) is 12.0 Å². The van der Waals surface area contributed by atoms with Crippen LogP contribution in [0.15, 0.2) is 18.2 Å². The van der Waals surface area contributed by atoms with Gasteiger partial charge in [-0.2, -0.15) is 0 Å². The summed E-state index contributed by atoms with van der Waals surface area (Å²) in [5.74, 6) is -0.0577. The summed E-state index contributed by atoms with van der Waals surface area (Å²) < 4.78 is 5.00. The molecule has 116 valence electrons. The van der Waals surface area contributed by atoms with Crippen molar-refractivity contribution in [2.75, 3.05) is 26.8 Å². The fraction of sp³-hybridized carbons (Fsp3) is 0.500. The van der Waals surface area contributed by atoms with E-state index in [0.717, 1.165) is 0 Å². The lowest BCUT2D eigenvalue weighted by atomic mass is 10.1. The molecule has 0 saturated carbocycles. The zero-order valence-electron chi connectivity index (χ0n) is 12.3. The maximum absolute atomic E-state index is 12.5. The number of carbonyl (C=O) groups is 1. The van der Waals surface area contributed by atoms with Gasteiger partial charge in [0.15, 0.2) is 0 Å². The lowest BCUT2D eigenvalue weighted by Gasteiger charge is -2.24. The Morgan fingerprint density at radius 1 is 1.48 bits per heavy atom. The number of benzene rings is 1. The summed E-state index contributed by atoms with van der Waals surface area (Å²) in [6.45, 7) is 5.31. The van der Waals surface area contributed by atoms with E-state index in [2.05, 4.69) is 0 Å². The van der Waals surface area contributed by atoms with Gasteiger partial charge in [0.05, 0.1) is 17.1 Å². The molecule has 0 unspecified atom stereocenters. The molecule has 0 aliphatic heterocycles. The van der Waals surface area contributed by atoms with Crippen LogP contribution in [0.2, 0.25) is 5.02 Å². The van der Waals surface area contributed by atoms with Crippen molar-refractivity contribution >= 4 is 23.2 Å². The van der Waals surface area contributed by atoms with E-state index in [-0.39, 0.29) is 28.1 Å². The number of methoxy groups -OCH3 is 1. The van der Waals surface area contributed by atoms with Crippen LogP contribution in [-0.2, 0) is 4.74 Å². The minimum atomic E-state index is -0.596. The fourth-order valence-electron chi connectivity index (χ4n) is 1.91. The van der Waals surface area contributed by atoms with E-state index in [0.29, 0.717) is 19.7 Å². The molecule has 0 bridgehead atoms. The third kappa shape index (κ3) is 4.68. The Labute approximate surface area is 128 Å². The molecule has 0 N–H and O–H groups in total. The van der Waals surface area contributed by atoms with Crippen LogP contribution in [0.4, 0.5) is 5.69 Å². The molecule has 0 saturated heterocycles. The first-order chi connectivity index (χ1) is 9.88. The standard InChI is InChI=1S/C14H19ClN2O4/c1-10(2)9-16(7-8-21-3)14(18)11-5-4-6-12(13(11)15)17(19)20/h4-6,10H,7-9H2,1-3H3. The number of amides is 1. The van der Waals surface area contributed by atoms with Gasteiger partial charge in [0.25, 0.3) is 11.6 Å². The van der Waals surface area contributed by atoms with Crippen molar-refractivity contribution in [1.82, 2.24) is 4.90 Å². The second-order valence-electron chi connectivity index (χ2n) is 5.03.